The Morgan fingerprint density at radius 3 is 2.56 bits per heavy atom. The number of hydrogen-bond donors (Lipinski definition) is 1. The first-order chi connectivity index (χ1) is 16.4. The van der Waals surface area contributed by atoms with E-state index in [-0.39, 0.29) is 23.9 Å². The first-order valence-electron chi connectivity index (χ1n) is 10.6. The van der Waals surface area contributed by atoms with Gasteiger partial charge in [0.25, 0.3) is 5.91 Å². The summed E-state index contributed by atoms with van der Waals surface area (Å²) in [6, 6.07) is 12.5. The molecule has 1 N–H and O–H groups in total. The van der Waals surface area contributed by atoms with Crippen LogP contribution in [-0.2, 0) is 4.79 Å². The minimum absolute atomic E-state index is 0.00540. The number of thioether (sulfide) groups is 1. The number of hydrazone groups is 1. The SMILES string of the molecule is COc1cc(/C=C2\C(=N)N3N=C(C(C)C)SC3=NC2=O)ccc1OCCOc1ccccc1Cl. The Labute approximate surface area is 206 Å². The molecule has 0 spiro atoms. The molecule has 0 aromatic heterocycles. The van der Waals surface area contributed by atoms with Gasteiger partial charge in [-0.05, 0) is 47.7 Å². The largest absolute Gasteiger partial charge is 0.493 e. The number of hydrogen-bond acceptors (Lipinski definition) is 7. The monoisotopic (exact) mass is 498 g/mol. The number of rotatable bonds is 8. The number of methoxy groups -OCH3 is 1. The van der Waals surface area contributed by atoms with Crippen LogP contribution < -0.4 is 14.2 Å². The van der Waals surface area contributed by atoms with E-state index < -0.39 is 5.91 Å². The van der Waals surface area contributed by atoms with Crippen LogP contribution in [0.2, 0.25) is 5.02 Å². The molecule has 4 rings (SSSR count). The molecule has 2 aliphatic heterocycles. The Morgan fingerprint density at radius 2 is 1.85 bits per heavy atom. The maximum Gasteiger partial charge on any atom is 0.283 e. The summed E-state index contributed by atoms with van der Waals surface area (Å²) in [6.07, 6.45) is 1.60. The van der Waals surface area contributed by atoms with Crippen molar-refractivity contribution < 1.29 is 19.0 Å². The van der Waals surface area contributed by atoms with Crippen LogP contribution in [0.3, 0.4) is 0 Å². The van der Waals surface area contributed by atoms with Gasteiger partial charge in [-0.25, -0.2) is 0 Å². The molecule has 1 amide bonds. The van der Waals surface area contributed by atoms with Gasteiger partial charge in [0.1, 0.15) is 24.0 Å². The molecular weight excluding hydrogens is 476 g/mol. The first kappa shape index (κ1) is 23.8. The fourth-order valence-electron chi connectivity index (χ4n) is 3.17. The summed E-state index contributed by atoms with van der Waals surface area (Å²) >= 11 is 7.41. The van der Waals surface area contributed by atoms with E-state index in [1.54, 1.807) is 36.4 Å². The minimum Gasteiger partial charge on any atom is -0.493 e. The van der Waals surface area contributed by atoms with E-state index in [4.69, 9.17) is 31.2 Å². The lowest BCUT2D eigenvalue weighted by molar-refractivity contribution is -0.114. The smallest absolute Gasteiger partial charge is 0.283 e. The number of aliphatic imine (C=N–C) groups is 1. The first-order valence-corrected chi connectivity index (χ1v) is 11.7. The topological polar surface area (TPSA) is 96.6 Å². The van der Waals surface area contributed by atoms with Crippen LogP contribution in [0.25, 0.3) is 6.08 Å². The van der Waals surface area contributed by atoms with Gasteiger partial charge >= 0.3 is 0 Å². The second-order valence-corrected chi connectivity index (χ2v) is 9.05. The van der Waals surface area contributed by atoms with Crippen molar-refractivity contribution in [2.75, 3.05) is 20.3 Å². The average molecular weight is 499 g/mol. The molecule has 0 atom stereocenters. The summed E-state index contributed by atoms with van der Waals surface area (Å²) in [5, 5.41) is 16.1. The Morgan fingerprint density at radius 1 is 1.12 bits per heavy atom. The zero-order valence-corrected chi connectivity index (χ0v) is 20.4. The van der Waals surface area contributed by atoms with Crippen LogP contribution >= 0.6 is 23.4 Å². The molecule has 8 nitrogen and oxygen atoms in total. The number of benzene rings is 2. The molecule has 0 saturated carbocycles. The molecular formula is C24H23ClN4O4S. The molecule has 10 heteroatoms. The van der Waals surface area contributed by atoms with Crippen LogP contribution in [0.5, 0.6) is 17.2 Å². The number of carbonyl (C=O) groups excluding carboxylic acids is 1. The maximum atomic E-state index is 12.6. The van der Waals surface area contributed by atoms with Crippen molar-refractivity contribution in [3.8, 4) is 17.2 Å². The highest BCUT2D eigenvalue weighted by Gasteiger charge is 2.36. The summed E-state index contributed by atoms with van der Waals surface area (Å²) in [5.74, 6) is 1.31. The molecule has 0 radical (unpaired) electrons. The van der Waals surface area contributed by atoms with E-state index in [2.05, 4.69) is 10.1 Å². The molecule has 176 valence electrons. The van der Waals surface area contributed by atoms with E-state index >= 15 is 0 Å². The predicted octanol–water partition coefficient (Wildman–Crippen LogP) is 5.08. The van der Waals surface area contributed by atoms with Crippen LogP contribution in [0.4, 0.5) is 0 Å². The van der Waals surface area contributed by atoms with Crippen LogP contribution in [-0.4, -0.2) is 47.3 Å². The summed E-state index contributed by atoms with van der Waals surface area (Å²) in [6.45, 7) is 4.60. The fraction of sp³-hybridized carbons (Fsp3) is 0.250. The molecule has 2 aromatic rings. The number of amidine groups is 2. The van der Waals surface area contributed by atoms with E-state index in [1.165, 1.54) is 23.9 Å². The molecule has 0 bridgehead atoms. The summed E-state index contributed by atoms with van der Waals surface area (Å²) in [5.41, 5.74) is 0.824. The summed E-state index contributed by atoms with van der Waals surface area (Å²) < 4.78 is 16.9. The minimum atomic E-state index is -0.472. The maximum absolute atomic E-state index is 12.6. The highest BCUT2D eigenvalue weighted by Crippen LogP contribution is 2.33. The zero-order valence-electron chi connectivity index (χ0n) is 18.9. The van der Waals surface area contributed by atoms with Crippen molar-refractivity contribution in [2.45, 2.75) is 13.8 Å². The van der Waals surface area contributed by atoms with Gasteiger partial charge in [0.05, 0.1) is 17.7 Å². The number of fused-ring (bicyclic) bond motifs is 1. The lowest BCUT2D eigenvalue weighted by Crippen LogP contribution is -2.35. The Bertz CT molecular complexity index is 1230. The van der Waals surface area contributed by atoms with Crippen molar-refractivity contribution in [3.63, 3.8) is 0 Å². The van der Waals surface area contributed by atoms with Crippen molar-refractivity contribution >= 4 is 51.4 Å². The summed E-state index contributed by atoms with van der Waals surface area (Å²) in [7, 11) is 1.54. The van der Waals surface area contributed by atoms with Gasteiger partial charge in [-0.15, -0.1) is 0 Å². The van der Waals surface area contributed by atoms with Gasteiger partial charge in [0, 0.05) is 5.92 Å². The molecule has 34 heavy (non-hydrogen) atoms. The molecule has 0 aliphatic carbocycles. The highest BCUT2D eigenvalue weighted by molar-refractivity contribution is 8.27. The zero-order chi connectivity index (χ0) is 24.2. The highest BCUT2D eigenvalue weighted by atomic mass is 35.5. The van der Waals surface area contributed by atoms with Gasteiger partial charge in [-0.1, -0.05) is 43.6 Å². The normalized spacial score (nSPS) is 16.5. The number of carbonyl (C=O) groups is 1. The van der Waals surface area contributed by atoms with E-state index in [9.17, 15) is 4.79 Å². The van der Waals surface area contributed by atoms with E-state index in [1.807, 2.05) is 26.0 Å². The number of nitrogens with zero attached hydrogens (tertiary/aromatic N) is 3. The standard InChI is InChI=1S/C24H23ClN4O4S/c1-14(2)23-28-29-21(26)16(22(30)27-24(29)34-23)12-15-8-9-19(20(13-15)31-3)33-11-10-32-18-7-5-4-6-17(18)25/h4-9,12-14,26H,10-11H2,1-3H3/b16-12+,26-21?. The lowest BCUT2D eigenvalue weighted by atomic mass is 10.1. The quantitative estimate of drug-likeness (QED) is 0.402. The average Bonchev–Trinajstić information content (AvgIpc) is 3.25. The van der Waals surface area contributed by atoms with Crippen molar-refractivity contribution in [1.29, 1.82) is 5.41 Å². The number of amides is 1. The molecule has 0 fully saturated rings. The molecule has 0 unspecified atom stereocenters. The second-order valence-electron chi connectivity index (χ2n) is 7.65. The third-order valence-corrected chi connectivity index (χ3v) is 6.42. The number of halogens is 1. The van der Waals surface area contributed by atoms with Gasteiger partial charge in [0.15, 0.2) is 17.3 Å². The Hall–Kier alpha value is -3.30. The predicted molar refractivity (Wildman–Crippen MR) is 135 cm³/mol. The summed E-state index contributed by atoms with van der Waals surface area (Å²) in [4.78, 5) is 16.7. The van der Waals surface area contributed by atoms with Crippen LogP contribution in [0.1, 0.15) is 19.4 Å². The third kappa shape index (κ3) is 5.10. The van der Waals surface area contributed by atoms with Gasteiger partial charge < -0.3 is 14.2 Å². The third-order valence-electron chi connectivity index (χ3n) is 4.90. The number of nitrogens with one attached hydrogen (secondary N) is 1. The van der Waals surface area contributed by atoms with Crippen LogP contribution in [0, 0.1) is 11.3 Å². The Kier molecular flexibility index (Phi) is 7.23. The van der Waals surface area contributed by atoms with Gasteiger partial charge in [-0.2, -0.15) is 15.1 Å². The molecule has 0 saturated heterocycles. The second kappa shape index (κ2) is 10.3. The molecule has 2 aromatic carbocycles. The van der Waals surface area contributed by atoms with Crippen LogP contribution in [0.15, 0.2) is 58.1 Å². The van der Waals surface area contributed by atoms with Crippen molar-refractivity contribution in [2.24, 2.45) is 16.0 Å². The number of para-hydroxylation sites is 1. The van der Waals surface area contributed by atoms with E-state index in [0.717, 1.165) is 5.04 Å². The molecule has 2 aliphatic rings. The Balaban J connectivity index is 1.45. The molecule has 2 heterocycles. The van der Waals surface area contributed by atoms with Gasteiger partial charge in [0.2, 0.25) is 5.17 Å². The lowest BCUT2D eigenvalue weighted by Gasteiger charge is -2.20. The fourth-order valence-corrected chi connectivity index (χ4v) is 4.25. The van der Waals surface area contributed by atoms with Crippen molar-refractivity contribution in [1.82, 2.24) is 5.01 Å². The number of ether oxygens (including phenoxy) is 3. The van der Waals surface area contributed by atoms with E-state index in [0.29, 0.717) is 39.6 Å². The van der Waals surface area contributed by atoms with Crippen molar-refractivity contribution in [3.05, 3.63) is 58.6 Å². The van der Waals surface area contributed by atoms with Gasteiger partial charge in [-0.3, -0.25) is 10.2 Å².